The fourth-order valence-electron chi connectivity index (χ4n) is 2.66. The molecule has 2 N–H and O–H groups in total. The van der Waals surface area contributed by atoms with Crippen LogP contribution in [0.4, 0.5) is 5.69 Å². The van der Waals surface area contributed by atoms with Crippen LogP contribution >= 0.6 is 11.8 Å². The first-order valence-electron chi connectivity index (χ1n) is 10.0. The minimum atomic E-state index is -0.297. The molecule has 0 saturated carbocycles. The standard InChI is InChI=1S/C22H24N4O5S/c1-3-29-17-8-6-16(7-9-17)24-20(27)13-31-18-10-5-15(11-19(18)30-4-2)12-23-26-22-25-21(28)14-32-22/h5-12H,3-4,13-14H2,1-2H3,(H,24,27)(H,25,26,28). The summed E-state index contributed by atoms with van der Waals surface area (Å²) in [7, 11) is 0. The van der Waals surface area contributed by atoms with Crippen molar-refractivity contribution in [3.05, 3.63) is 48.0 Å². The van der Waals surface area contributed by atoms with Gasteiger partial charge in [-0.15, -0.1) is 5.10 Å². The predicted octanol–water partition coefficient (Wildman–Crippen LogP) is 3.05. The zero-order chi connectivity index (χ0) is 22.8. The smallest absolute Gasteiger partial charge is 0.262 e. The fraction of sp³-hybridized carbons (Fsp3) is 0.273. The number of ether oxygens (including phenoxy) is 3. The Kier molecular flexibility index (Phi) is 8.50. The van der Waals surface area contributed by atoms with Crippen molar-refractivity contribution in [2.45, 2.75) is 13.8 Å². The van der Waals surface area contributed by atoms with Gasteiger partial charge in [-0.2, -0.15) is 5.10 Å². The summed E-state index contributed by atoms with van der Waals surface area (Å²) in [5.74, 6) is 1.63. The number of hydrogen-bond acceptors (Lipinski definition) is 8. The largest absolute Gasteiger partial charge is 0.494 e. The number of nitrogens with one attached hydrogen (secondary N) is 2. The van der Waals surface area contributed by atoms with Gasteiger partial charge in [0, 0.05) is 5.69 Å². The van der Waals surface area contributed by atoms with Crippen LogP contribution in [0.3, 0.4) is 0 Å². The van der Waals surface area contributed by atoms with E-state index in [1.165, 1.54) is 11.8 Å². The van der Waals surface area contributed by atoms with Crippen LogP contribution in [-0.2, 0) is 9.59 Å². The maximum absolute atomic E-state index is 12.2. The average molecular weight is 457 g/mol. The highest BCUT2D eigenvalue weighted by atomic mass is 32.2. The number of thioether (sulfide) groups is 1. The van der Waals surface area contributed by atoms with Crippen molar-refractivity contribution in [3.63, 3.8) is 0 Å². The molecule has 10 heteroatoms. The van der Waals surface area contributed by atoms with E-state index in [9.17, 15) is 9.59 Å². The van der Waals surface area contributed by atoms with E-state index in [1.54, 1.807) is 48.7 Å². The van der Waals surface area contributed by atoms with Crippen molar-refractivity contribution in [1.82, 2.24) is 5.32 Å². The summed E-state index contributed by atoms with van der Waals surface area (Å²) in [6, 6.07) is 12.3. The predicted molar refractivity (Wildman–Crippen MR) is 125 cm³/mol. The maximum atomic E-state index is 12.2. The molecule has 1 fully saturated rings. The summed E-state index contributed by atoms with van der Waals surface area (Å²) in [6.45, 7) is 4.60. The highest BCUT2D eigenvalue weighted by molar-refractivity contribution is 8.15. The minimum absolute atomic E-state index is 0.0874. The van der Waals surface area contributed by atoms with Crippen LogP contribution in [0.25, 0.3) is 0 Å². The first-order valence-corrected chi connectivity index (χ1v) is 11.0. The molecule has 0 bridgehead atoms. The van der Waals surface area contributed by atoms with Crippen molar-refractivity contribution >= 4 is 40.6 Å². The van der Waals surface area contributed by atoms with Gasteiger partial charge in [-0.3, -0.25) is 9.59 Å². The van der Waals surface area contributed by atoms with Crippen LogP contribution in [0.1, 0.15) is 19.4 Å². The van der Waals surface area contributed by atoms with Crippen LogP contribution in [0.2, 0.25) is 0 Å². The van der Waals surface area contributed by atoms with E-state index >= 15 is 0 Å². The zero-order valence-electron chi connectivity index (χ0n) is 17.8. The third kappa shape index (κ3) is 7.02. The van der Waals surface area contributed by atoms with Gasteiger partial charge in [-0.25, -0.2) is 0 Å². The van der Waals surface area contributed by atoms with Crippen LogP contribution in [0, 0.1) is 0 Å². The Hall–Kier alpha value is -3.53. The number of amides is 2. The van der Waals surface area contributed by atoms with E-state index in [0.29, 0.717) is 41.3 Å². The number of rotatable bonds is 10. The second kappa shape index (κ2) is 11.8. The quantitative estimate of drug-likeness (QED) is 0.420. The van der Waals surface area contributed by atoms with Gasteiger partial charge in [0.15, 0.2) is 23.3 Å². The Morgan fingerprint density at radius 2 is 1.88 bits per heavy atom. The van der Waals surface area contributed by atoms with Gasteiger partial charge in [0.1, 0.15) is 5.75 Å². The molecule has 3 rings (SSSR count). The van der Waals surface area contributed by atoms with E-state index in [1.807, 2.05) is 13.8 Å². The lowest BCUT2D eigenvalue weighted by Crippen LogP contribution is -2.20. The van der Waals surface area contributed by atoms with E-state index < -0.39 is 0 Å². The third-order valence-corrected chi connectivity index (χ3v) is 4.88. The molecule has 1 aliphatic rings. The molecule has 0 unspecified atom stereocenters. The molecule has 2 aromatic rings. The second-order valence-corrected chi connectivity index (χ2v) is 7.38. The van der Waals surface area contributed by atoms with Crippen LogP contribution in [0.5, 0.6) is 17.2 Å². The molecule has 0 spiro atoms. The van der Waals surface area contributed by atoms with Gasteiger partial charge in [-0.1, -0.05) is 11.8 Å². The number of nitrogens with zero attached hydrogens (tertiary/aromatic N) is 2. The molecule has 0 aromatic heterocycles. The molecule has 0 atom stereocenters. The average Bonchev–Trinajstić information content (AvgIpc) is 3.20. The highest BCUT2D eigenvalue weighted by Crippen LogP contribution is 2.28. The van der Waals surface area contributed by atoms with Crippen LogP contribution < -0.4 is 24.8 Å². The zero-order valence-corrected chi connectivity index (χ0v) is 18.6. The van der Waals surface area contributed by atoms with Crippen LogP contribution in [0.15, 0.2) is 52.7 Å². The Bertz CT molecular complexity index is 1010. The van der Waals surface area contributed by atoms with Crippen LogP contribution in [-0.4, -0.2) is 48.8 Å². The lowest BCUT2D eigenvalue weighted by molar-refractivity contribution is -0.118. The van der Waals surface area contributed by atoms with Crippen molar-refractivity contribution in [1.29, 1.82) is 0 Å². The number of amidine groups is 1. The summed E-state index contributed by atoms with van der Waals surface area (Å²) < 4.78 is 16.7. The van der Waals surface area contributed by atoms with Crippen molar-refractivity contribution < 1.29 is 23.8 Å². The molecule has 1 saturated heterocycles. The Morgan fingerprint density at radius 1 is 1.09 bits per heavy atom. The summed E-state index contributed by atoms with van der Waals surface area (Å²) in [4.78, 5) is 23.4. The Balaban J connectivity index is 1.57. The fourth-order valence-corrected chi connectivity index (χ4v) is 3.29. The molecular formula is C22H24N4O5S. The number of benzene rings is 2. The number of carbonyl (C=O) groups excluding carboxylic acids is 2. The van der Waals surface area contributed by atoms with E-state index in [0.717, 1.165) is 11.3 Å². The van der Waals surface area contributed by atoms with Crippen molar-refractivity contribution in [3.8, 4) is 17.2 Å². The SMILES string of the molecule is CCOc1ccc(NC(=O)COc2ccc(C=NN=C3NC(=O)CS3)cc2OCC)cc1. The van der Waals surface area contributed by atoms with Gasteiger partial charge in [0.05, 0.1) is 25.2 Å². The minimum Gasteiger partial charge on any atom is -0.494 e. The topological polar surface area (TPSA) is 111 Å². The van der Waals surface area contributed by atoms with Gasteiger partial charge in [0.2, 0.25) is 5.91 Å². The summed E-state index contributed by atoms with van der Waals surface area (Å²) >= 11 is 1.30. The maximum Gasteiger partial charge on any atom is 0.262 e. The van der Waals surface area contributed by atoms with Gasteiger partial charge in [0.25, 0.3) is 5.91 Å². The van der Waals surface area contributed by atoms with Gasteiger partial charge in [-0.05, 0) is 61.9 Å². The first-order chi connectivity index (χ1) is 15.6. The molecular weight excluding hydrogens is 432 g/mol. The lowest BCUT2D eigenvalue weighted by atomic mass is 10.2. The van der Waals surface area contributed by atoms with Gasteiger partial charge >= 0.3 is 0 Å². The van der Waals surface area contributed by atoms with E-state index in [4.69, 9.17) is 14.2 Å². The van der Waals surface area contributed by atoms with Crippen molar-refractivity contribution in [2.75, 3.05) is 30.9 Å². The van der Waals surface area contributed by atoms with E-state index in [-0.39, 0.29) is 18.4 Å². The molecule has 1 aliphatic heterocycles. The molecule has 2 amide bonds. The molecule has 0 radical (unpaired) electrons. The first kappa shape index (κ1) is 23.1. The summed E-state index contributed by atoms with van der Waals surface area (Å²) in [5, 5.41) is 13.8. The highest BCUT2D eigenvalue weighted by Gasteiger charge is 2.16. The lowest BCUT2D eigenvalue weighted by Gasteiger charge is -2.13. The molecule has 0 aliphatic carbocycles. The summed E-state index contributed by atoms with van der Waals surface area (Å²) in [6.07, 6.45) is 1.54. The molecule has 2 aromatic carbocycles. The Morgan fingerprint density at radius 3 is 2.56 bits per heavy atom. The van der Waals surface area contributed by atoms with Crippen molar-refractivity contribution in [2.24, 2.45) is 10.2 Å². The van der Waals surface area contributed by atoms with Gasteiger partial charge < -0.3 is 24.8 Å². The number of hydrogen-bond donors (Lipinski definition) is 2. The second-order valence-electron chi connectivity index (χ2n) is 6.42. The monoisotopic (exact) mass is 456 g/mol. The summed E-state index contributed by atoms with van der Waals surface area (Å²) in [5.41, 5.74) is 1.38. The third-order valence-electron chi connectivity index (χ3n) is 4.02. The molecule has 9 nitrogen and oxygen atoms in total. The Labute approximate surface area is 190 Å². The molecule has 168 valence electrons. The number of anilines is 1. The van der Waals surface area contributed by atoms with E-state index in [2.05, 4.69) is 20.8 Å². The molecule has 32 heavy (non-hydrogen) atoms. The number of carbonyl (C=O) groups is 2. The normalized spacial score (nSPS) is 14.4. The molecule has 1 heterocycles.